The molecule has 10 nitrogen and oxygen atoms in total. The van der Waals surface area contributed by atoms with Gasteiger partial charge >= 0.3 is 5.97 Å². The molecule has 2 saturated carbocycles. The Hall–Kier alpha value is -2.25. The van der Waals surface area contributed by atoms with Crippen molar-refractivity contribution < 1.29 is 48.0 Å². The number of esters is 1. The summed E-state index contributed by atoms with van der Waals surface area (Å²) in [7, 11) is -0.972. The highest BCUT2D eigenvalue weighted by atomic mass is 28.4. The summed E-state index contributed by atoms with van der Waals surface area (Å²) in [6.07, 6.45) is -5.70. The summed E-state index contributed by atoms with van der Waals surface area (Å²) in [6, 6.07) is 11.8. The monoisotopic (exact) mass is 672 g/mol. The Kier molecular flexibility index (Phi) is 9.64. The van der Waals surface area contributed by atoms with Crippen LogP contribution in [-0.4, -0.2) is 91.5 Å². The van der Waals surface area contributed by atoms with Crippen molar-refractivity contribution in [1.82, 2.24) is 0 Å². The maximum absolute atomic E-state index is 15.5. The van der Waals surface area contributed by atoms with Gasteiger partial charge in [-0.25, -0.2) is 0 Å². The van der Waals surface area contributed by atoms with Crippen LogP contribution in [0.4, 0.5) is 0 Å². The molecule has 5 rings (SSSR count). The lowest BCUT2D eigenvalue weighted by Crippen LogP contribution is -2.83. The first kappa shape index (κ1) is 36.0. The zero-order valence-corrected chi connectivity index (χ0v) is 30.3. The number of benzene rings is 1. The number of fused-ring (bicyclic) bond motifs is 5. The Morgan fingerprint density at radius 3 is 2.19 bits per heavy atom. The first-order valence-corrected chi connectivity index (χ1v) is 19.5. The van der Waals surface area contributed by atoms with Crippen molar-refractivity contribution in [2.24, 2.45) is 16.7 Å². The van der Waals surface area contributed by atoms with Gasteiger partial charge in [0.05, 0.1) is 30.8 Å². The number of ketones is 2. The first-order chi connectivity index (χ1) is 22.1. The van der Waals surface area contributed by atoms with Gasteiger partial charge in [-0.1, -0.05) is 65.0 Å². The standard InChI is InChI=1S/C36H52O10Si/c1-10-47(11-2,12-3)46-24-18-25-35(20-44-25,45-22(5)37)29-32(43-19-23-16-14-13-15-17-23)36(41)30(39)27(38)21(4)26(33(36,6)7)28(42-9)31(40)34(24,29)8/h13-17,24-25,28-30,32,39,41H,10-12,18-20H2,1-9H3/t24-,25+,28+,29-,30-,32-,34+,35-,36+/m0/s1. The van der Waals surface area contributed by atoms with Crippen molar-refractivity contribution >= 4 is 25.9 Å². The summed E-state index contributed by atoms with van der Waals surface area (Å²) in [5.41, 5.74) is -5.36. The third-order valence-electron chi connectivity index (χ3n) is 12.4. The molecule has 260 valence electrons. The van der Waals surface area contributed by atoms with Gasteiger partial charge in [0.15, 0.2) is 25.5 Å². The molecular formula is C36H52O10Si. The number of hydrogen-bond donors (Lipinski definition) is 2. The first-order valence-electron chi connectivity index (χ1n) is 16.9. The third-order valence-corrected chi connectivity index (χ3v) is 17.0. The maximum Gasteiger partial charge on any atom is 0.303 e. The number of ether oxygens (including phenoxy) is 4. The molecular weight excluding hydrogens is 620 g/mol. The fourth-order valence-electron chi connectivity index (χ4n) is 9.33. The van der Waals surface area contributed by atoms with Gasteiger partial charge in [0.1, 0.15) is 23.9 Å². The predicted octanol–water partition coefficient (Wildman–Crippen LogP) is 4.30. The number of carbonyl (C=O) groups is 3. The minimum Gasteiger partial charge on any atom is -0.454 e. The number of aliphatic hydroxyl groups excluding tert-OH is 1. The molecule has 0 unspecified atom stereocenters. The summed E-state index contributed by atoms with van der Waals surface area (Å²) < 4.78 is 32.4. The second-order valence-electron chi connectivity index (χ2n) is 14.6. The molecule has 1 saturated heterocycles. The third kappa shape index (κ3) is 5.06. The van der Waals surface area contributed by atoms with Crippen LogP contribution in [0.1, 0.15) is 67.4 Å². The van der Waals surface area contributed by atoms with Gasteiger partial charge in [0, 0.05) is 31.8 Å². The fourth-order valence-corrected chi connectivity index (χ4v) is 12.3. The lowest BCUT2D eigenvalue weighted by atomic mass is 9.44. The summed E-state index contributed by atoms with van der Waals surface area (Å²) in [4.78, 5) is 42.3. The molecule has 1 aromatic carbocycles. The highest BCUT2D eigenvalue weighted by Gasteiger charge is 2.79. The zero-order chi connectivity index (χ0) is 34.7. The molecule has 2 bridgehead atoms. The maximum atomic E-state index is 15.5. The number of hydrogen-bond acceptors (Lipinski definition) is 10. The van der Waals surface area contributed by atoms with Crippen molar-refractivity contribution in [3.05, 3.63) is 47.0 Å². The van der Waals surface area contributed by atoms with Crippen LogP contribution in [0.3, 0.4) is 0 Å². The van der Waals surface area contributed by atoms with Gasteiger partial charge in [-0.15, -0.1) is 0 Å². The van der Waals surface area contributed by atoms with Crippen LogP contribution in [0.25, 0.3) is 0 Å². The summed E-state index contributed by atoms with van der Waals surface area (Å²) in [5, 5.41) is 25.1. The van der Waals surface area contributed by atoms with E-state index >= 15 is 4.79 Å². The Balaban J connectivity index is 1.86. The topological polar surface area (TPSA) is 138 Å². The summed E-state index contributed by atoms with van der Waals surface area (Å²) in [6.45, 7) is 14.3. The number of rotatable bonds is 10. The van der Waals surface area contributed by atoms with Crippen LogP contribution in [0.5, 0.6) is 0 Å². The molecule has 4 aliphatic rings. The van der Waals surface area contributed by atoms with Gasteiger partial charge in [0.25, 0.3) is 0 Å². The summed E-state index contributed by atoms with van der Waals surface area (Å²) >= 11 is 0. The van der Waals surface area contributed by atoms with Crippen molar-refractivity contribution in [3.8, 4) is 0 Å². The van der Waals surface area contributed by atoms with Crippen LogP contribution >= 0.6 is 0 Å². The molecule has 1 aromatic rings. The van der Waals surface area contributed by atoms with Crippen LogP contribution in [0.2, 0.25) is 18.1 Å². The molecule has 1 aliphatic heterocycles. The molecule has 0 spiro atoms. The van der Waals surface area contributed by atoms with Gasteiger partial charge in [0.2, 0.25) is 0 Å². The van der Waals surface area contributed by atoms with Crippen molar-refractivity contribution in [2.45, 2.75) is 128 Å². The average molecular weight is 673 g/mol. The Labute approximate surface area is 279 Å². The fraction of sp³-hybridized carbons (Fsp3) is 0.694. The predicted molar refractivity (Wildman–Crippen MR) is 176 cm³/mol. The van der Waals surface area contributed by atoms with E-state index in [0.29, 0.717) is 5.57 Å². The number of Topliss-reactive ketones (excluding diaryl/α,β-unsaturated/α-hetero) is 2. The van der Waals surface area contributed by atoms with E-state index < -0.39 is 78.5 Å². The second-order valence-corrected chi connectivity index (χ2v) is 19.4. The number of methoxy groups -OCH3 is 1. The van der Waals surface area contributed by atoms with Gasteiger partial charge < -0.3 is 33.6 Å². The zero-order valence-electron chi connectivity index (χ0n) is 29.3. The van der Waals surface area contributed by atoms with Gasteiger partial charge in [-0.2, -0.15) is 0 Å². The highest BCUT2D eigenvalue weighted by Crippen LogP contribution is 2.64. The van der Waals surface area contributed by atoms with E-state index in [1.54, 1.807) is 27.7 Å². The van der Waals surface area contributed by atoms with Gasteiger partial charge in [-0.3, -0.25) is 14.4 Å². The lowest BCUT2D eigenvalue weighted by Gasteiger charge is -2.68. The molecule has 0 radical (unpaired) electrons. The van der Waals surface area contributed by atoms with Crippen molar-refractivity contribution in [2.75, 3.05) is 13.7 Å². The SMILES string of the molecule is CC[Si](CC)(CC)O[C@H]1C[C@H]2OC[C@@]2(OC(C)=O)[C@H]2[C@H](OCc3ccccc3)[C@]3(O)[C@@H](O)C(=O)C(C)=C([C@@H](OC)C(=O)[C@]12C)C3(C)C. The quantitative estimate of drug-likeness (QED) is 0.273. The molecule has 1 heterocycles. The lowest BCUT2D eigenvalue weighted by molar-refractivity contribution is -0.353. The molecule has 11 heteroatoms. The van der Waals surface area contributed by atoms with E-state index in [-0.39, 0.29) is 31.0 Å². The summed E-state index contributed by atoms with van der Waals surface area (Å²) in [5.74, 6) is -2.74. The molecule has 9 atom stereocenters. The smallest absolute Gasteiger partial charge is 0.303 e. The molecule has 3 fully saturated rings. The van der Waals surface area contributed by atoms with Crippen LogP contribution in [0, 0.1) is 16.7 Å². The number of aliphatic hydroxyl groups is 2. The van der Waals surface area contributed by atoms with Crippen molar-refractivity contribution in [1.29, 1.82) is 0 Å². The van der Waals surface area contributed by atoms with Gasteiger partial charge in [-0.05, 0) is 48.7 Å². The number of carbonyl (C=O) groups excluding carboxylic acids is 3. The van der Waals surface area contributed by atoms with Crippen molar-refractivity contribution in [3.63, 3.8) is 0 Å². The van der Waals surface area contributed by atoms with E-state index in [4.69, 9.17) is 23.4 Å². The largest absolute Gasteiger partial charge is 0.454 e. The van der Waals surface area contributed by atoms with E-state index in [2.05, 4.69) is 20.8 Å². The Morgan fingerprint density at radius 1 is 1.06 bits per heavy atom. The normalized spacial score (nSPS) is 38.1. The molecule has 2 N–H and O–H groups in total. The molecule has 3 aliphatic carbocycles. The minimum atomic E-state index is -2.38. The Morgan fingerprint density at radius 2 is 1.68 bits per heavy atom. The van der Waals surface area contributed by atoms with E-state index in [0.717, 1.165) is 23.7 Å². The molecule has 0 aromatic heterocycles. The second kappa shape index (κ2) is 12.6. The van der Waals surface area contributed by atoms with Crippen LogP contribution in [-0.2, 0) is 44.4 Å². The van der Waals surface area contributed by atoms with E-state index in [1.807, 2.05) is 30.3 Å². The average Bonchev–Trinajstić information content (AvgIpc) is 3.04. The Bertz CT molecular complexity index is 1410. The van der Waals surface area contributed by atoms with Crippen LogP contribution in [0.15, 0.2) is 41.5 Å². The molecule has 47 heavy (non-hydrogen) atoms. The van der Waals surface area contributed by atoms with Crippen LogP contribution < -0.4 is 0 Å². The van der Waals surface area contributed by atoms with E-state index in [1.165, 1.54) is 14.0 Å². The highest BCUT2D eigenvalue weighted by molar-refractivity contribution is 6.73. The minimum absolute atomic E-state index is 0.0118. The molecule has 0 amide bonds. The van der Waals surface area contributed by atoms with E-state index in [9.17, 15) is 19.8 Å².